The van der Waals surface area contributed by atoms with Gasteiger partial charge in [-0.05, 0) is 0 Å². The zero-order chi connectivity index (χ0) is 26.1. The van der Waals surface area contributed by atoms with E-state index in [0.29, 0.717) is 4.06 Å². The summed E-state index contributed by atoms with van der Waals surface area (Å²) in [5, 5.41) is 11.0. The molecular formula is C34H47NOSn. The Bertz CT molecular complexity index is 937. The molecule has 1 aliphatic heterocycles. The van der Waals surface area contributed by atoms with Gasteiger partial charge in [0.25, 0.3) is 0 Å². The van der Waals surface area contributed by atoms with E-state index in [2.05, 4.69) is 117 Å². The summed E-state index contributed by atoms with van der Waals surface area (Å²) in [6, 6.07) is 33.6. The Balaban J connectivity index is 1.95. The Kier molecular flexibility index (Phi) is 10.3. The van der Waals surface area contributed by atoms with Gasteiger partial charge in [-0.3, -0.25) is 0 Å². The van der Waals surface area contributed by atoms with E-state index in [1.807, 2.05) is 0 Å². The third-order valence-corrected chi connectivity index (χ3v) is 25.8. The van der Waals surface area contributed by atoms with Crippen LogP contribution in [0.15, 0.2) is 91.0 Å². The van der Waals surface area contributed by atoms with Gasteiger partial charge < -0.3 is 0 Å². The first kappa shape index (κ1) is 28.4. The molecule has 1 saturated heterocycles. The van der Waals surface area contributed by atoms with Crippen LogP contribution in [0.5, 0.6) is 0 Å². The predicted octanol–water partition coefficient (Wildman–Crippen LogP) is 8.41. The zero-order valence-electron chi connectivity index (χ0n) is 23.3. The Morgan fingerprint density at radius 1 is 0.622 bits per heavy atom. The van der Waals surface area contributed by atoms with Crippen molar-refractivity contribution in [2.75, 3.05) is 6.61 Å². The molecule has 0 saturated carbocycles. The van der Waals surface area contributed by atoms with Gasteiger partial charge in [-0.1, -0.05) is 0 Å². The molecule has 0 aromatic heterocycles. The molecule has 3 atom stereocenters. The van der Waals surface area contributed by atoms with E-state index in [4.69, 9.17) is 0 Å². The van der Waals surface area contributed by atoms with Crippen LogP contribution >= 0.6 is 0 Å². The SMILES string of the molecule is CCC[CH2][Sn]([CH2]CCC)([CH2]CCC)[C@@H]1[C@H](CO)N1C(c1ccccc1)(c1ccccc1)c1ccccc1. The molecule has 3 heteroatoms. The maximum absolute atomic E-state index is 11.0. The van der Waals surface area contributed by atoms with Crippen LogP contribution in [-0.2, 0) is 5.54 Å². The van der Waals surface area contributed by atoms with Gasteiger partial charge in [-0.25, -0.2) is 0 Å². The van der Waals surface area contributed by atoms with E-state index in [-0.39, 0.29) is 12.6 Å². The Morgan fingerprint density at radius 2 is 0.973 bits per heavy atom. The molecule has 3 aromatic carbocycles. The van der Waals surface area contributed by atoms with Crippen LogP contribution < -0.4 is 0 Å². The van der Waals surface area contributed by atoms with Gasteiger partial charge in [0, 0.05) is 0 Å². The van der Waals surface area contributed by atoms with Crippen LogP contribution in [0.2, 0.25) is 13.3 Å². The van der Waals surface area contributed by atoms with Gasteiger partial charge in [0.05, 0.1) is 0 Å². The number of nitrogens with zero attached hydrogens (tertiary/aromatic N) is 1. The van der Waals surface area contributed by atoms with Crippen molar-refractivity contribution < 1.29 is 5.11 Å². The molecule has 0 aliphatic carbocycles. The van der Waals surface area contributed by atoms with Crippen LogP contribution in [0, 0.1) is 0 Å². The summed E-state index contributed by atoms with van der Waals surface area (Å²) in [6.07, 6.45) is 7.86. The quantitative estimate of drug-likeness (QED) is 0.107. The topological polar surface area (TPSA) is 23.2 Å². The monoisotopic (exact) mass is 605 g/mol. The molecule has 1 N–H and O–H groups in total. The van der Waals surface area contributed by atoms with Gasteiger partial charge in [-0.15, -0.1) is 0 Å². The molecule has 1 fully saturated rings. The minimum atomic E-state index is -2.71. The summed E-state index contributed by atoms with van der Waals surface area (Å²) in [5.41, 5.74) is 3.55. The normalized spacial score (nSPS) is 19.6. The van der Waals surface area contributed by atoms with E-state index in [0.717, 1.165) is 0 Å². The zero-order valence-corrected chi connectivity index (χ0v) is 26.1. The van der Waals surface area contributed by atoms with E-state index in [1.165, 1.54) is 68.5 Å². The Hall–Kier alpha value is -1.62. The van der Waals surface area contributed by atoms with Crippen molar-refractivity contribution in [3.8, 4) is 0 Å². The van der Waals surface area contributed by atoms with Crippen molar-refractivity contribution in [2.24, 2.45) is 0 Å². The molecule has 4 rings (SSSR count). The maximum atomic E-state index is 11.0. The summed E-state index contributed by atoms with van der Waals surface area (Å²) < 4.78 is 4.93. The summed E-state index contributed by atoms with van der Waals surface area (Å²) in [7, 11) is 0. The van der Waals surface area contributed by atoms with Crippen molar-refractivity contribution in [3.63, 3.8) is 0 Å². The first-order valence-electron chi connectivity index (χ1n) is 14.8. The fourth-order valence-corrected chi connectivity index (χ4v) is 26.4. The first-order valence-corrected chi connectivity index (χ1v) is 22.5. The van der Waals surface area contributed by atoms with Crippen LogP contribution in [0.1, 0.15) is 76.0 Å². The van der Waals surface area contributed by atoms with Gasteiger partial charge in [0.1, 0.15) is 0 Å². The van der Waals surface area contributed by atoms with E-state index in [9.17, 15) is 5.11 Å². The predicted molar refractivity (Wildman–Crippen MR) is 161 cm³/mol. The molecule has 3 aromatic rings. The number of benzene rings is 3. The third kappa shape index (κ3) is 5.72. The van der Waals surface area contributed by atoms with Gasteiger partial charge in [0.2, 0.25) is 0 Å². The van der Waals surface area contributed by atoms with E-state index in [1.54, 1.807) is 0 Å². The van der Waals surface area contributed by atoms with Crippen molar-refractivity contribution in [1.29, 1.82) is 0 Å². The second kappa shape index (κ2) is 13.4. The Labute approximate surface area is 230 Å². The molecule has 1 heterocycles. The number of aliphatic hydroxyl groups is 1. The first-order chi connectivity index (χ1) is 18.2. The fourth-order valence-electron chi connectivity index (χ4n) is 7.02. The number of unbranched alkanes of at least 4 members (excludes halogenated alkanes) is 3. The molecule has 0 radical (unpaired) electrons. The van der Waals surface area contributed by atoms with Gasteiger partial charge in [0.15, 0.2) is 0 Å². The number of hydrogen-bond acceptors (Lipinski definition) is 2. The minimum absolute atomic E-state index is 0.238. The molecule has 198 valence electrons. The van der Waals surface area contributed by atoms with Crippen molar-refractivity contribution >= 4 is 18.4 Å². The van der Waals surface area contributed by atoms with Crippen molar-refractivity contribution in [3.05, 3.63) is 108 Å². The fraction of sp³-hybridized carbons (Fsp3) is 0.471. The van der Waals surface area contributed by atoms with Gasteiger partial charge in [-0.2, -0.15) is 0 Å². The third-order valence-electron chi connectivity index (χ3n) is 8.79. The van der Waals surface area contributed by atoms with E-state index >= 15 is 0 Å². The summed E-state index contributed by atoms with van der Waals surface area (Å²) in [4.78, 5) is 2.81. The van der Waals surface area contributed by atoms with E-state index < -0.39 is 23.9 Å². The Morgan fingerprint density at radius 3 is 1.27 bits per heavy atom. The van der Waals surface area contributed by atoms with Crippen LogP contribution in [0.25, 0.3) is 0 Å². The summed E-state index contributed by atoms with van der Waals surface area (Å²) >= 11 is -2.71. The standard InChI is InChI=1S/C22H20NO.3C4H9.Sn/c24-17-21-16-23(21)22(18-10-4-1-5-11-18,19-12-6-2-7-13-19)20-14-8-3-9-15-20;3*1-3-4-2;/h1-16,21,24H,17H2;3*1,3-4H2,2H3;/t21-,23?;;;;/m1..../s1. The summed E-state index contributed by atoms with van der Waals surface area (Å²) in [6.45, 7) is 7.31. The van der Waals surface area contributed by atoms with Crippen LogP contribution in [0.4, 0.5) is 0 Å². The average molecular weight is 604 g/mol. The summed E-state index contributed by atoms with van der Waals surface area (Å²) in [5.74, 6) is 0. The second-order valence-corrected chi connectivity index (χ2v) is 24.8. The molecule has 37 heavy (non-hydrogen) atoms. The molecule has 1 aliphatic rings. The molecule has 0 amide bonds. The van der Waals surface area contributed by atoms with Crippen molar-refractivity contribution in [1.82, 2.24) is 4.90 Å². The molecular weight excluding hydrogens is 557 g/mol. The van der Waals surface area contributed by atoms with Crippen LogP contribution in [-0.4, -0.2) is 45.1 Å². The number of rotatable bonds is 15. The molecule has 0 spiro atoms. The molecule has 1 unspecified atom stereocenters. The molecule has 0 bridgehead atoms. The van der Waals surface area contributed by atoms with Gasteiger partial charge >= 0.3 is 231 Å². The average Bonchev–Trinajstić information content (AvgIpc) is 3.70. The van der Waals surface area contributed by atoms with Crippen molar-refractivity contribution in [2.45, 2.75) is 88.2 Å². The second-order valence-electron chi connectivity index (χ2n) is 11.1. The number of hydrogen-bond donors (Lipinski definition) is 1. The molecule has 2 nitrogen and oxygen atoms in total. The number of aliphatic hydroxyl groups excluding tert-OH is 1. The van der Waals surface area contributed by atoms with Crippen LogP contribution in [0.3, 0.4) is 0 Å².